The highest BCUT2D eigenvalue weighted by Gasteiger charge is 2.33. The summed E-state index contributed by atoms with van der Waals surface area (Å²) < 4.78 is 5.41. The lowest BCUT2D eigenvalue weighted by atomic mass is 9.96. The molecule has 4 heterocycles. The molecular weight excluding hydrogens is 360 g/mol. The smallest absolute Gasteiger partial charge is 0.263 e. The highest BCUT2D eigenvalue weighted by atomic mass is 32.1. The van der Waals surface area contributed by atoms with Gasteiger partial charge in [0, 0.05) is 44.1 Å². The Bertz CT molecular complexity index is 662. The molecule has 3 aliphatic rings. The number of thiophene rings is 1. The van der Waals surface area contributed by atoms with Gasteiger partial charge in [-0.1, -0.05) is 0 Å². The molecule has 0 saturated carbocycles. The summed E-state index contributed by atoms with van der Waals surface area (Å²) in [4.78, 5) is 31.7. The third kappa shape index (κ3) is 4.37. The molecule has 0 aromatic carbocycles. The van der Waals surface area contributed by atoms with Gasteiger partial charge >= 0.3 is 0 Å². The van der Waals surface area contributed by atoms with E-state index in [4.69, 9.17) is 4.74 Å². The number of hydrogen-bond acceptors (Lipinski definition) is 4. The Balaban J connectivity index is 1.40. The number of amides is 2. The van der Waals surface area contributed by atoms with Gasteiger partial charge in [0.25, 0.3) is 5.91 Å². The van der Waals surface area contributed by atoms with Crippen LogP contribution >= 0.6 is 11.3 Å². The Kier molecular flexibility index (Phi) is 6.13. The van der Waals surface area contributed by atoms with Crippen LogP contribution in [0.5, 0.6) is 0 Å². The molecule has 148 valence electrons. The van der Waals surface area contributed by atoms with Crippen LogP contribution < -0.4 is 0 Å². The molecule has 0 N–H and O–H groups in total. The van der Waals surface area contributed by atoms with Crippen molar-refractivity contribution in [3.05, 3.63) is 21.9 Å². The molecule has 2 amide bonds. The van der Waals surface area contributed by atoms with E-state index in [9.17, 15) is 9.59 Å². The highest BCUT2D eigenvalue weighted by Crippen LogP contribution is 2.37. The zero-order valence-electron chi connectivity index (χ0n) is 16.0. The largest absolute Gasteiger partial charge is 0.381 e. The highest BCUT2D eigenvalue weighted by molar-refractivity contribution is 7.14. The fourth-order valence-corrected chi connectivity index (χ4v) is 5.70. The van der Waals surface area contributed by atoms with Gasteiger partial charge in [0.2, 0.25) is 5.91 Å². The molecule has 0 aliphatic carbocycles. The molecule has 1 aromatic heterocycles. The summed E-state index contributed by atoms with van der Waals surface area (Å²) in [6.07, 6.45) is 8.16. The van der Waals surface area contributed by atoms with E-state index in [0.717, 1.165) is 76.3 Å². The number of nitrogens with zero attached hydrogens (tertiary/aromatic N) is 2. The SMILES string of the molecule is O=C(c1ccc([C@H]2CCCN2C(=O)CC2CCOCC2)s1)N1CCCCC1. The molecule has 0 radical (unpaired) electrons. The van der Waals surface area contributed by atoms with E-state index in [1.807, 2.05) is 11.0 Å². The Labute approximate surface area is 165 Å². The van der Waals surface area contributed by atoms with Crippen LogP contribution in [0, 0.1) is 5.92 Å². The molecular formula is C21H30N2O3S. The van der Waals surface area contributed by atoms with E-state index in [0.29, 0.717) is 12.3 Å². The van der Waals surface area contributed by atoms with Crippen molar-refractivity contribution in [2.75, 3.05) is 32.8 Å². The van der Waals surface area contributed by atoms with Gasteiger partial charge in [0.05, 0.1) is 10.9 Å². The summed E-state index contributed by atoms with van der Waals surface area (Å²) in [5.74, 6) is 0.915. The fourth-order valence-electron chi connectivity index (χ4n) is 4.58. The zero-order valence-corrected chi connectivity index (χ0v) is 16.8. The van der Waals surface area contributed by atoms with E-state index in [1.165, 1.54) is 11.3 Å². The number of carbonyl (C=O) groups is 2. The van der Waals surface area contributed by atoms with Crippen LogP contribution in [0.25, 0.3) is 0 Å². The molecule has 3 fully saturated rings. The lowest BCUT2D eigenvalue weighted by Crippen LogP contribution is -2.35. The first-order valence-corrected chi connectivity index (χ1v) is 11.3. The van der Waals surface area contributed by atoms with Gasteiger partial charge in [-0.25, -0.2) is 0 Å². The first-order chi connectivity index (χ1) is 13.2. The summed E-state index contributed by atoms with van der Waals surface area (Å²) in [7, 11) is 0. The second-order valence-corrected chi connectivity index (χ2v) is 9.18. The standard InChI is InChI=1S/C21H30N2O3S/c24-20(15-16-8-13-26-14-9-16)23-12-4-5-17(23)18-6-7-19(27-18)21(25)22-10-2-1-3-11-22/h6-7,16-17H,1-5,8-15H2/t17-/m1/s1. The first kappa shape index (κ1) is 18.9. The third-order valence-corrected chi connectivity index (χ3v) is 7.36. The van der Waals surface area contributed by atoms with E-state index >= 15 is 0 Å². The monoisotopic (exact) mass is 390 g/mol. The Morgan fingerprint density at radius 3 is 2.56 bits per heavy atom. The molecule has 5 nitrogen and oxygen atoms in total. The quantitative estimate of drug-likeness (QED) is 0.784. The van der Waals surface area contributed by atoms with E-state index in [-0.39, 0.29) is 17.9 Å². The second kappa shape index (κ2) is 8.74. The zero-order chi connectivity index (χ0) is 18.6. The fraction of sp³-hybridized carbons (Fsp3) is 0.714. The topological polar surface area (TPSA) is 49.9 Å². The summed E-state index contributed by atoms with van der Waals surface area (Å²) in [5, 5.41) is 0. The summed E-state index contributed by atoms with van der Waals surface area (Å²) in [6.45, 7) is 4.18. The van der Waals surface area contributed by atoms with Crippen molar-refractivity contribution in [2.45, 2.75) is 57.4 Å². The number of carbonyl (C=O) groups excluding carboxylic acids is 2. The Hall–Kier alpha value is -1.40. The van der Waals surface area contributed by atoms with Crippen molar-refractivity contribution in [1.82, 2.24) is 9.80 Å². The van der Waals surface area contributed by atoms with Crippen LogP contribution in [-0.4, -0.2) is 54.5 Å². The van der Waals surface area contributed by atoms with Gasteiger partial charge in [-0.3, -0.25) is 9.59 Å². The summed E-state index contributed by atoms with van der Waals surface area (Å²) in [6, 6.07) is 4.20. The number of rotatable bonds is 4. The average Bonchev–Trinajstić information content (AvgIpc) is 3.38. The first-order valence-electron chi connectivity index (χ1n) is 10.5. The lowest BCUT2D eigenvalue weighted by molar-refractivity contribution is -0.133. The predicted molar refractivity (Wildman–Crippen MR) is 106 cm³/mol. The maximum Gasteiger partial charge on any atom is 0.263 e. The molecule has 1 aromatic rings. The van der Waals surface area contributed by atoms with Crippen LogP contribution in [-0.2, 0) is 9.53 Å². The third-order valence-electron chi connectivity index (χ3n) is 6.19. The molecule has 1 atom stereocenters. The van der Waals surface area contributed by atoms with Gasteiger partial charge in [-0.15, -0.1) is 11.3 Å². The minimum Gasteiger partial charge on any atom is -0.381 e. The maximum atomic E-state index is 12.9. The van der Waals surface area contributed by atoms with Crippen LogP contribution in [0.1, 0.15) is 72.0 Å². The van der Waals surface area contributed by atoms with Crippen molar-refractivity contribution in [3.8, 4) is 0 Å². The molecule has 0 bridgehead atoms. The maximum absolute atomic E-state index is 12.9. The molecule has 3 aliphatic heterocycles. The van der Waals surface area contributed by atoms with E-state index in [1.54, 1.807) is 11.3 Å². The Morgan fingerprint density at radius 2 is 1.78 bits per heavy atom. The molecule has 6 heteroatoms. The minimum atomic E-state index is 0.158. The van der Waals surface area contributed by atoms with Crippen molar-refractivity contribution in [1.29, 1.82) is 0 Å². The number of hydrogen-bond donors (Lipinski definition) is 0. The molecule has 0 spiro atoms. The second-order valence-electron chi connectivity index (χ2n) is 8.06. The number of piperidine rings is 1. The molecule has 0 unspecified atom stereocenters. The van der Waals surface area contributed by atoms with Crippen molar-refractivity contribution in [3.63, 3.8) is 0 Å². The van der Waals surface area contributed by atoms with Crippen LogP contribution in [0.15, 0.2) is 12.1 Å². The van der Waals surface area contributed by atoms with E-state index < -0.39 is 0 Å². The molecule has 4 rings (SSSR count). The molecule has 27 heavy (non-hydrogen) atoms. The lowest BCUT2D eigenvalue weighted by Gasteiger charge is -2.28. The summed E-state index contributed by atoms with van der Waals surface area (Å²) in [5.41, 5.74) is 0. The predicted octanol–water partition coefficient (Wildman–Crippen LogP) is 3.85. The van der Waals surface area contributed by atoms with Gasteiger partial charge in [-0.2, -0.15) is 0 Å². The van der Waals surface area contributed by atoms with Crippen LogP contribution in [0.3, 0.4) is 0 Å². The van der Waals surface area contributed by atoms with E-state index in [2.05, 4.69) is 11.0 Å². The van der Waals surface area contributed by atoms with Crippen LogP contribution in [0.2, 0.25) is 0 Å². The minimum absolute atomic E-state index is 0.158. The van der Waals surface area contributed by atoms with Gasteiger partial charge in [0.15, 0.2) is 0 Å². The molecule has 3 saturated heterocycles. The normalized spacial score (nSPS) is 24.4. The number of likely N-dealkylation sites (tertiary alicyclic amines) is 2. The Morgan fingerprint density at radius 1 is 1.00 bits per heavy atom. The van der Waals surface area contributed by atoms with Crippen molar-refractivity contribution >= 4 is 23.2 Å². The summed E-state index contributed by atoms with van der Waals surface area (Å²) >= 11 is 1.59. The van der Waals surface area contributed by atoms with Gasteiger partial charge in [0.1, 0.15) is 0 Å². The van der Waals surface area contributed by atoms with Crippen LogP contribution in [0.4, 0.5) is 0 Å². The van der Waals surface area contributed by atoms with Crippen molar-refractivity contribution in [2.24, 2.45) is 5.92 Å². The number of ether oxygens (including phenoxy) is 1. The van der Waals surface area contributed by atoms with Gasteiger partial charge in [-0.05, 0) is 63.0 Å². The average molecular weight is 391 g/mol. The van der Waals surface area contributed by atoms with Crippen molar-refractivity contribution < 1.29 is 14.3 Å². The van der Waals surface area contributed by atoms with Gasteiger partial charge < -0.3 is 14.5 Å².